The number of nitrogens with zero attached hydrogens (tertiary/aromatic N) is 6. The van der Waals surface area contributed by atoms with Crippen LogP contribution < -0.4 is 0 Å². The van der Waals surface area contributed by atoms with Crippen molar-refractivity contribution in [1.82, 2.24) is 39.4 Å². The van der Waals surface area contributed by atoms with Crippen LogP contribution in [0.3, 0.4) is 0 Å². The van der Waals surface area contributed by atoms with E-state index in [9.17, 15) is 18.4 Å². The van der Waals surface area contributed by atoms with Crippen molar-refractivity contribution in [2.45, 2.75) is 69.4 Å². The molecule has 12 heteroatoms. The molecule has 7 rings (SSSR count). The molecule has 2 aliphatic rings. The fourth-order valence-electron chi connectivity index (χ4n) is 9.38. The zero-order valence-corrected chi connectivity index (χ0v) is 37.6. The van der Waals surface area contributed by atoms with Crippen LogP contribution in [0.4, 0.5) is 8.78 Å². The van der Waals surface area contributed by atoms with Crippen LogP contribution in [-0.4, -0.2) is 151 Å². The molecule has 3 aromatic carbocycles. The summed E-state index contributed by atoms with van der Waals surface area (Å²) in [7, 11) is 12.5. The van der Waals surface area contributed by atoms with Gasteiger partial charge in [-0.05, 0) is 140 Å². The van der Waals surface area contributed by atoms with Crippen LogP contribution in [-0.2, 0) is 5.54 Å². The first-order chi connectivity index (χ1) is 29.2. The zero-order chi connectivity index (χ0) is 43.7. The fraction of sp³-hybridized carbons (Fsp3) is 0.510. The first-order valence-electron chi connectivity index (χ1n) is 22.2. The third-order valence-corrected chi connectivity index (χ3v) is 13.6. The Kier molecular flexibility index (Phi) is 15.4. The van der Waals surface area contributed by atoms with Gasteiger partial charge >= 0.3 is 0 Å². The second kappa shape index (κ2) is 20.5. The van der Waals surface area contributed by atoms with E-state index < -0.39 is 0 Å². The van der Waals surface area contributed by atoms with Gasteiger partial charge in [0.15, 0.2) is 0 Å². The summed E-state index contributed by atoms with van der Waals surface area (Å²) in [5, 5.41) is 1.45. The molecule has 4 heterocycles. The van der Waals surface area contributed by atoms with Crippen molar-refractivity contribution >= 4 is 33.6 Å². The molecule has 0 saturated carbocycles. The molecule has 2 aliphatic heterocycles. The fourth-order valence-corrected chi connectivity index (χ4v) is 9.38. The lowest BCUT2D eigenvalue weighted by atomic mass is 9.80. The number of hydrogen-bond donors (Lipinski definition) is 2. The average Bonchev–Trinajstić information content (AvgIpc) is 3.89. The third kappa shape index (κ3) is 11.1. The maximum Gasteiger partial charge on any atom is 0.270 e. The minimum absolute atomic E-state index is 0.0517. The number of aromatic amines is 2. The molecule has 2 aromatic heterocycles. The summed E-state index contributed by atoms with van der Waals surface area (Å²) in [6.45, 7) is 9.77. The second-order valence-corrected chi connectivity index (χ2v) is 17.8. The van der Waals surface area contributed by atoms with Crippen molar-refractivity contribution in [2.24, 2.45) is 0 Å². The number of carbonyl (C=O) groups excluding carboxylic acids is 2. The number of aromatic nitrogens is 2. The van der Waals surface area contributed by atoms with E-state index in [1.54, 1.807) is 34.1 Å². The van der Waals surface area contributed by atoms with E-state index in [0.29, 0.717) is 30.0 Å². The number of hydrogen-bond acceptors (Lipinski definition) is 6. The van der Waals surface area contributed by atoms with Crippen molar-refractivity contribution < 1.29 is 18.4 Å². The highest BCUT2D eigenvalue weighted by Gasteiger charge is 2.38. The number of likely N-dealkylation sites (N-methyl/N-ethyl adjacent to an activating group) is 1. The van der Waals surface area contributed by atoms with E-state index in [4.69, 9.17) is 0 Å². The zero-order valence-electron chi connectivity index (χ0n) is 37.6. The first kappa shape index (κ1) is 45.9. The van der Waals surface area contributed by atoms with Gasteiger partial charge in [0.2, 0.25) is 0 Å². The van der Waals surface area contributed by atoms with Gasteiger partial charge in [0.1, 0.15) is 23.0 Å². The first-order valence-corrected chi connectivity index (χ1v) is 22.2. The number of amides is 2. The van der Waals surface area contributed by atoms with E-state index in [-0.39, 0.29) is 29.0 Å². The highest BCUT2D eigenvalue weighted by molar-refractivity contribution is 5.98. The lowest BCUT2D eigenvalue weighted by molar-refractivity contribution is 0.0432. The molecule has 61 heavy (non-hydrogen) atoms. The number of piperidine rings is 2. The standard InChI is InChI=1S/C26H33FN4O.C23H35FN4O/c1-29(2)26(21-8-5-4-6-9-21)12-16-31(17-13-26)15-7-14-30(3)25(32)24-19-20-18-22(27)10-11-23(20)28-24;1-5-6-9-23(26(2)3)10-12-28(13-11-23)15-14-27(4)22(29)21-17-18-16-19(24)7-8-20(18)25-21/h4-6,8-11,18-19,28H,7,12-17H2,1-3H3;7-8,16-17,25H,5-6,9-15H2,1-4H3. The molecule has 0 atom stereocenters. The van der Waals surface area contributed by atoms with Crippen LogP contribution in [0.15, 0.2) is 78.9 Å². The van der Waals surface area contributed by atoms with Crippen LogP contribution >= 0.6 is 0 Å². The Bertz CT molecular complexity index is 2180. The Hall–Kier alpha value is -4.62. The Morgan fingerprint density at radius 3 is 1.64 bits per heavy atom. The van der Waals surface area contributed by atoms with Crippen LogP contribution in [0.5, 0.6) is 0 Å². The minimum atomic E-state index is -0.295. The molecule has 2 amide bonds. The third-order valence-electron chi connectivity index (χ3n) is 13.6. The molecular formula is C49H68F2N8O2. The summed E-state index contributed by atoms with van der Waals surface area (Å²) < 4.78 is 26.8. The highest BCUT2D eigenvalue weighted by atomic mass is 19.1. The van der Waals surface area contributed by atoms with E-state index in [1.165, 1.54) is 61.9 Å². The number of fused-ring (bicyclic) bond motifs is 2. The summed E-state index contributed by atoms with van der Waals surface area (Å²) in [6.07, 6.45) is 9.29. The highest BCUT2D eigenvalue weighted by Crippen LogP contribution is 2.37. The molecule has 0 spiro atoms. The van der Waals surface area contributed by atoms with E-state index in [2.05, 4.69) is 95.0 Å². The monoisotopic (exact) mass is 839 g/mol. The van der Waals surface area contributed by atoms with E-state index in [1.807, 2.05) is 14.1 Å². The quantitative estimate of drug-likeness (QED) is 0.111. The maximum atomic E-state index is 13.4. The molecule has 0 radical (unpaired) electrons. The second-order valence-electron chi connectivity index (χ2n) is 17.8. The Balaban J connectivity index is 0.000000205. The smallest absolute Gasteiger partial charge is 0.270 e. The van der Waals surface area contributed by atoms with Crippen molar-refractivity contribution in [3.63, 3.8) is 0 Å². The molecule has 2 fully saturated rings. The Morgan fingerprint density at radius 1 is 0.623 bits per heavy atom. The number of carbonyl (C=O) groups is 2. The largest absolute Gasteiger partial charge is 0.351 e. The average molecular weight is 839 g/mol. The van der Waals surface area contributed by atoms with Gasteiger partial charge in [-0.1, -0.05) is 50.1 Å². The van der Waals surface area contributed by atoms with Gasteiger partial charge in [0.05, 0.1) is 0 Å². The number of benzene rings is 3. The van der Waals surface area contributed by atoms with Crippen molar-refractivity contribution in [2.75, 3.05) is 94.6 Å². The molecular weight excluding hydrogens is 771 g/mol. The molecule has 2 saturated heterocycles. The SMILES string of the molecule is CCCCC1(N(C)C)CCN(CCN(C)C(=O)c2cc3cc(F)ccc3[nH]2)CC1.CN(CCCN1CCC(c2ccccc2)(N(C)C)CC1)C(=O)c1cc2cc(F)ccc2[nH]1. The van der Waals surface area contributed by atoms with Gasteiger partial charge in [0, 0.05) is 79.7 Å². The van der Waals surface area contributed by atoms with Gasteiger partial charge in [-0.25, -0.2) is 8.78 Å². The normalized spacial score (nSPS) is 16.8. The molecule has 10 nitrogen and oxygen atoms in total. The van der Waals surface area contributed by atoms with Crippen LogP contribution in [0, 0.1) is 11.6 Å². The summed E-state index contributed by atoms with van der Waals surface area (Å²) in [4.78, 5) is 45.0. The maximum absolute atomic E-state index is 13.4. The topological polar surface area (TPSA) is 85.2 Å². The summed E-state index contributed by atoms with van der Waals surface area (Å²) in [6, 6.07) is 23.3. The molecule has 0 bridgehead atoms. The number of rotatable bonds is 15. The molecule has 2 N–H and O–H groups in total. The van der Waals surface area contributed by atoms with Gasteiger partial charge < -0.3 is 34.5 Å². The van der Waals surface area contributed by atoms with Gasteiger partial charge in [-0.3, -0.25) is 14.5 Å². The minimum Gasteiger partial charge on any atom is -0.351 e. The summed E-state index contributed by atoms with van der Waals surface area (Å²) >= 11 is 0. The summed E-state index contributed by atoms with van der Waals surface area (Å²) in [5.41, 5.74) is 4.40. The lowest BCUT2D eigenvalue weighted by Gasteiger charge is -2.46. The van der Waals surface area contributed by atoms with Gasteiger partial charge in [0.25, 0.3) is 11.8 Å². The van der Waals surface area contributed by atoms with Crippen molar-refractivity contribution in [3.05, 3.63) is 107 Å². The number of likely N-dealkylation sites (tertiary alicyclic amines) is 2. The van der Waals surface area contributed by atoms with Crippen LogP contribution in [0.1, 0.15) is 84.8 Å². The Labute approximate surface area is 361 Å². The Morgan fingerprint density at radius 2 is 1.13 bits per heavy atom. The number of unbranched alkanes of at least 4 members (excludes halogenated alkanes) is 1. The van der Waals surface area contributed by atoms with Crippen LogP contribution in [0.2, 0.25) is 0 Å². The number of H-pyrrole nitrogens is 2. The molecule has 0 unspecified atom stereocenters. The predicted octanol–water partition coefficient (Wildman–Crippen LogP) is 8.29. The van der Waals surface area contributed by atoms with Gasteiger partial charge in [-0.15, -0.1) is 0 Å². The van der Waals surface area contributed by atoms with E-state index in [0.717, 1.165) is 80.3 Å². The molecule has 0 aliphatic carbocycles. The van der Waals surface area contributed by atoms with Crippen LogP contribution in [0.25, 0.3) is 21.8 Å². The predicted molar refractivity (Wildman–Crippen MR) is 244 cm³/mol. The van der Waals surface area contributed by atoms with Gasteiger partial charge in [-0.2, -0.15) is 0 Å². The number of nitrogens with one attached hydrogen (secondary N) is 2. The molecule has 5 aromatic rings. The summed E-state index contributed by atoms with van der Waals surface area (Å²) in [5.74, 6) is -0.696. The van der Waals surface area contributed by atoms with Crippen molar-refractivity contribution in [3.8, 4) is 0 Å². The van der Waals surface area contributed by atoms with Crippen molar-refractivity contribution in [1.29, 1.82) is 0 Å². The van der Waals surface area contributed by atoms with E-state index >= 15 is 0 Å². The molecule has 330 valence electrons. The number of halogens is 2. The lowest BCUT2D eigenvalue weighted by Crippen LogP contribution is -2.53.